The smallest absolute Gasteiger partial charge is 0.168 e. The maximum absolute atomic E-state index is 5.91. The molecule has 8 spiro atoms. The Morgan fingerprint density at radius 1 is 0.213 bits per heavy atom. The maximum Gasteiger partial charge on any atom is 0.168 e. The average molecular weight is 1720 g/mol. The molecule has 122 heavy (non-hydrogen) atoms. The maximum atomic E-state index is 5.91. The van der Waals surface area contributed by atoms with Crippen molar-refractivity contribution in [2.75, 3.05) is 178 Å². The van der Waals surface area contributed by atoms with E-state index in [0.29, 0.717) is 46.6 Å². The summed E-state index contributed by atoms with van der Waals surface area (Å²) in [4.78, 5) is 10.0. The van der Waals surface area contributed by atoms with Gasteiger partial charge in [-0.15, -0.1) is 0 Å². The highest BCUT2D eigenvalue weighted by Gasteiger charge is 2.56. The SMILES string of the molecule is CC(C)C1C2COCC21.CC(C)C1CCC2(CC1)OCCO2.CC(C)C1CCC2(CCCO2)CC1.CC(C)C1CCC2(CCCO2)CC1.CC(C)C1CCC2(CCCO2)CC1.CC(C)C1[C@H]2COC[C@@H]12.CC(C)N1CCC2(CCCO2)CC1.CC(C)N1CCOC2(CCOC2)C1.CC(C)N1CCO[C@@]2(CCOC2)C1.CC(C)N1CCO[C@]2(CCOC2)C1. The van der Waals surface area contributed by atoms with Crippen molar-refractivity contribution in [2.24, 2.45) is 94.7 Å². The van der Waals surface area contributed by atoms with Crippen LogP contribution in [-0.4, -0.2) is 267 Å². The minimum absolute atomic E-state index is 0.0303. The van der Waals surface area contributed by atoms with Crippen LogP contribution >= 0.6 is 0 Å². The molecule has 20 rings (SSSR count). The molecule has 18 heteroatoms. The van der Waals surface area contributed by atoms with E-state index in [-0.39, 0.29) is 22.6 Å². The summed E-state index contributed by atoms with van der Waals surface area (Å²) in [5.74, 6) is 14.7. The van der Waals surface area contributed by atoms with E-state index < -0.39 is 0 Å². The minimum Gasteiger partial charge on any atom is -0.381 e. The zero-order valence-corrected chi connectivity index (χ0v) is 82.6. The molecular formula is C104H192N4O14. The van der Waals surface area contributed by atoms with E-state index in [1.165, 1.54) is 167 Å². The Kier molecular flexibility index (Phi) is 39.9. The van der Waals surface area contributed by atoms with Gasteiger partial charge in [-0.1, -0.05) is 83.1 Å². The van der Waals surface area contributed by atoms with Gasteiger partial charge in [0.15, 0.2) is 5.79 Å². The topological polar surface area (TPSA) is 142 Å². The third-order valence-corrected chi connectivity index (χ3v) is 34.2. The van der Waals surface area contributed by atoms with E-state index in [1.807, 2.05) is 0 Å². The molecule has 20 aliphatic rings. The summed E-state index contributed by atoms with van der Waals surface area (Å²) < 4.78 is 79.3. The summed E-state index contributed by atoms with van der Waals surface area (Å²) in [6.07, 6.45) is 37.3. The third-order valence-electron chi connectivity index (χ3n) is 34.2. The monoisotopic (exact) mass is 1720 g/mol. The first kappa shape index (κ1) is 102. The highest BCUT2D eigenvalue weighted by atomic mass is 16.7. The molecule has 6 aliphatic carbocycles. The highest BCUT2D eigenvalue weighted by molar-refractivity contribution is 5.04. The number of hydrogen-bond donors (Lipinski definition) is 0. The van der Waals surface area contributed by atoms with Gasteiger partial charge in [-0.05, 0) is 304 Å². The number of morpholine rings is 3. The Morgan fingerprint density at radius 3 is 0.680 bits per heavy atom. The van der Waals surface area contributed by atoms with Gasteiger partial charge in [-0.3, -0.25) is 14.7 Å². The number of piperidine rings is 1. The van der Waals surface area contributed by atoms with E-state index in [9.17, 15) is 0 Å². The third kappa shape index (κ3) is 29.1. The Bertz CT molecular complexity index is 2450. The molecule has 20 fully saturated rings. The van der Waals surface area contributed by atoms with Crippen molar-refractivity contribution < 1.29 is 66.3 Å². The summed E-state index contributed by atoms with van der Waals surface area (Å²) in [5.41, 5.74) is 1.40. The lowest BCUT2D eigenvalue weighted by atomic mass is 9.74. The summed E-state index contributed by atoms with van der Waals surface area (Å²) in [7, 11) is 0. The van der Waals surface area contributed by atoms with Crippen LogP contribution in [0.15, 0.2) is 0 Å². The molecule has 4 unspecified atom stereocenters. The molecule has 0 N–H and O–H groups in total. The molecule has 0 radical (unpaired) electrons. The normalized spacial score (nSPS) is 35.3. The zero-order chi connectivity index (χ0) is 87.4. The zero-order valence-electron chi connectivity index (χ0n) is 82.6. The van der Waals surface area contributed by atoms with E-state index in [2.05, 4.69) is 158 Å². The van der Waals surface area contributed by atoms with E-state index in [1.54, 1.807) is 0 Å². The first-order chi connectivity index (χ1) is 58.4. The molecule has 18 nitrogen and oxygen atoms in total. The van der Waals surface area contributed by atoms with Crippen LogP contribution in [0.2, 0.25) is 0 Å². The second-order valence-electron chi connectivity index (χ2n) is 45.7. The molecule has 0 amide bonds. The van der Waals surface area contributed by atoms with Gasteiger partial charge < -0.3 is 71.2 Å². The molecule has 14 saturated heterocycles. The van der Waals surface area contributed by atoms with Crippen molar-refractivity contribution in [2.45, 2.75) is 394 Å². The standard InChI is InChI=1S/3C12H22O.C11H21NO.C11H20O2.3C10H19NO2.2C8H14O/c3*1-10(2)11-4-7-12(8-5-11)6-3-9-13-12;1-10(2)12-7-5-11(6-8-12)4-3-9-13-11;1-9(2)10-3-5-11(6-4-10)12-7-8-13-11;3*1-9(2)11-4-6-13-10(7-11)3-5-12-8-10;2*1-5(2)8-6-3-9-4-7(6)8/h3*10-11H,3-9H2,1-2H3;10H,3-9H2,1-2H3;9-10H,3-8H2,1-2H3;3*9H,3-8H2,1-2H3;2*5-8H,3-4H2,1-2H3/t;;;;;2*10-;;6-,7+,8?;/m.....10.../s1. The van der Waals surface area contributed by atoms with Crippen LogP contribution in [0.4, 0.5) is 0 Å². The van der Waals surface area contributed by atoms with Crippen molar-refractivity contribution in [1.29, 1.82) is 0 Å². The predicted octanol–water partition coefficient (Wildman–Crippen LogP) is 20.5. The fraction of sp³-hybridized carbons (Fsp3) is 1.00. The molecule has 0 bridgehead atoms. The van der Waals surface area contributed by atoms with Crippen LogP contribution in [0.25, 0.3) is 0 Å². The minimum atomic E-state index is -0.161. The highest BCUT2D eigenvalue weighted by Crippen LogP contribution is 2.56. The van der Waals surface area contributed by atoms with Gasteiger partial charge in [0.2, 0.25) is 0 Å². The van der Waals surface area contributed by atoms with Crippen LogP contribution in [-0.2, 0) is 66.3 Å². The lowest BCUT2D eigenvalue weighted by Crippen LogP contribution is -2.54. The van der Waals surface area contributed by atoms with Gasteiger partial charge >= 0.3 is 0 Å². The van der Waals surface area contributed by atoms with Crippen LogP contribution in [0.5, 0.6) is 0 Å². The van der Waals surface area contributed by atoms with Gasteiger partial charge in [-0.2, -0.15) is 0 Å². The van der Waals surface area contributed by atoms with Crippen molar-refractivity contribution >= 4 is 0 Å². The largest absolute Gasteiger partial charge is 0.381 e. The van der Waals surface area contributed by atoms with Gasteiger partial charge in [0.25, 0.3) is 0 Å². The Morgan fingerprint density at radius 2 is 0.467 bits per heavy atom. The summed E-state index contributed by atoms with van der Waals surface area (Å²) >= 11 is 0. The number of rotatable bonds is 10. The Labute approximate surface area is 748 Å². The van der Waals surface area contributed by atoms with E-state index in [0.717, 1.165) is 292 Å². The second-order valence-corrected chi connectivity index (χ2v) is 45.7. The van der Waals surface area contributed by atoms with Crippen molar-refractivity contribution in [3.8, 4) is 0 Å². The molecule has 6 saturated carbocycles. The van der Waals surface area contributed by atoms with Gasteiger partial charge in [0.05, 0.1) is 102 Å². The van der Waals surface area contributed by atoms with E-state index in [4.69, 9.17) is 66.3 Å². The van der Waals surface area contributed by atoms with Gasteiger partial charge in [0, 0.05) is 155 Å². The Hall–Kier alpha value is -0.720. The van der Waals surface area contributed by atoms with E-state index >= 15 is 0 Å². The van der Waals surface area contributed by atoms with Crippen molar-refractivity contribution in [1.82, 2.24) is 19.6 Å². The number of likely N-dealkylation sites (tertiary alicyclic amines) is 1. The van der Waals surface area contributed by atoms with Crippen LogP contribution < -0.4 is 0 Å². The number of fused-ring (bicyclic) bond motifs is 2. The fourth-order valence-electron chi connectivity index (χ4n) is 25.0. The summed E-state index contributed by atoms with van der Waals surface area (Å²) in [6.45, 7) is 72.3. The molecule has 0 aromatic heterocycles. The molecule has 14 aliphatic heterocycles. The lowest BCUT2D eigenvalue weighted by molar-refractivity contribution is -0.184. The predicted molar refractivity (Wildman–Crippen MR) is 494 cm³/mol. The fourth-order valence-corrected chi connectivity index (χ4v) is 25.0. The number of ether oxygens (including phenoxy) is 14. The van der Waals surface area contributed by atoms with Crippen molar-refractivity contribution in [3.63, 3.8) is 0 Å². The van der Waals surface area contributed by atoms with Gasteiger partial charge in [0.1, 0.15) is 16.8 Å². The quantitative estimate of drug-likeness (QED) is 0.204. The summed E-state index contributed by atoms with van der Waals surface area (Å²) in [6, 6.07) is 2.59. The first-order valence-electron chi connectivity index (χ1n) is 52.0. The molecule has 0 aromatic carbocycles. The molecule has 8 atom stereocenters. The van der Waals surface area contributed by atoms with Crippen LogP contribution in [0.3, 0.4) is 0 Å². The summed E-state index contributed by atoms with van der Waals surface area (Å²) in [5, 5.41) is 0. The molecule has 712 valence electrons. The van der Waals surface area contributed by atoms with Crippen LogP contribution in [0.1, 0.15) is 325 Å². The first-order valence-corrected chi connectivity index (χ1v) is 52.0. The molecule has 14 heterocycles. The van der Waals surface area contributed by atoms with Gasteiger partial charge in [-0.25, -0.2) is 0 Å². The number of hydrogen-bond acceptors (Lipinski definition) is 18. The number of nitrogens with zero attached hydrogens (tertiary/aromatic N) is 4. The average Bonchev–Trinajstić information content (AvgIpc) is 1.60. The van der Waals surface area contributed by atoms with Crippen LogP contribution in [0, 0.1) is 94.7 Å². The Balaban J connectivity index is 0.000000132. The lowest BCUT2D eigenvalue weighted by Gasteiger charge is -2.41. The molecule has 0 aromatic rings. The van der Waals surface area contributed by atoms with Crippen molar-refractivity contribution in [3.05, 3.63) is 0 Å². The second kappa shape index (κ2) is 47.8. The molecular weight excluding hydrogens is 1530 g/mol.